The zero-order valence-electron chi connectivity index (χ0n) is 32.9. The monoisotopic (exact) mass is 795 g/mol. The number of piperazine rings is 1. The molecule has 3 aromatic rings. The Morgan fingerprint density at radius 1 is 0.964 bits per heavy atom. The van der Waals surface area contributed by atoms with Crippen LogP contribution in [0.2, 0.25) is 0 Å². The van der Waals surface area contributed by atoms with Crippen LogP contribution in [0.15, 0.2) is 48.0 Å². The van der Waals surface area contributed by atoms with Crippen molar-refractivity contribution in [2.24, 2.45) is 5.92 Å². The van der Waals surface area contributed by atoms with Crippen LogP contribution in [0.25, 0.3) is 0 Å². The van der Waals surface area contributed by atoms with Crippen LogP contribution in [-0.4, -0.2) is 138 Å². The molecule has 18 heteroatoms. The molecule has 1 aliphatic carbocycles. The minimum absolute atomic E-state index is 0.0135. The van der Waals surface area contributed by atoms with E-state index in [0.717, 1.165) is 50.8 Å². The first-order chi connectivity index (χ1) is 26.8. The van der Waals surface area contributed by atoms with Gasteiger partial charge in [0.25, 0.3) is 0 Å². The number of nitrogens with one attached hydrogen (secondary N) is 4. The van der Waals surface area contributed by atoms with Gasteiger partial charge in [0.15, 0.2) is 0 Å². The van der Waals surface area contributed by atoms with E-state index in [2.05, 4.69) is 46.3 Å². The number of thioether (sulfide) groups is 1. The van der Waals surface area contributed by atoms with Gasteiger partial charge < -0.3 is 40.6 Å². The molecule has 2 aromatic heterocycles. The molecular weight excluding hydrogens is 739 g/mol. The normalized spacial score (nSPS) is 17.7. The van der Waals surface area contributed by atoms with Crippen LogP contribution in [0.3, 0.4) is 0 Å². The molecule has 1 saturated heterocycles. The Hall–Kier alpha value is -4.55. The van der Waals surface area contributed by atoms with Crippen molar-refractivity contribution in [2.45, 2.75) is 114 Å². The highest BCUT2D eigenvalue weighted by atomic mass is 32.2. The summed E-state index contributed by atoms with van der Waals surface area (Å²) in [6, 6.07) is 6.46. The van der Waals surface area contributed by atoms with Gasteiger partial charge in [-0.3, -0.25) is 14.4 Å². The number of likely N-dealkylation sites (N-methyl/N-ethyl adjacent to an activating group) is 1. The number of carbonyl (C=O) groups excluding carboxylic acids is 4. The number of imidazole rings is 1. The highest BCUT2D eigenvalue weighted by Gasteiger charge is 2.33. The number of benzene rings is 1. The lowest BCUT2D eigenvalue weighted by molar-refractivity contribution is -0.133. The summed E-state index contributed by atoms with van der Waals surface area (Å²) in [6.45, 7) is 8.06. The van der Waals surface area contributed by atoms with E-state index in [1.54, 1.807) is 31.9 Å². The molecular formula is C38H57N11O6S. The molecule has 5 N–H and O–H groups in total. The summed E-state index contributed by atoms with van der Waals surface area (Å²) in [4.78, 5) is 65.2. The van der Waals surface area contributed by atoms with Gasteiger partial charge in [-0.1, -0.05) is 74.2 Å². The van der Waals surface area contributed by atoms with Gasteiger partial charge in [0.2, 0.25) is 22.9 Å². The molecule has 2 fully saturated rings. The average molecular weight is 796 g/mol. The maximum Gasteiger partial charge on any atom is 0.408 e. The Kier molecular flexibility index (Phi) is 15.6. The highest BCUT2D eigenvalue weighted by Crippen LogP contribution is 2.29. The molecule has 17 nitrogen and oxygen atoms in total. The molecule has 0 spiro atoms. The second-order valence-electron chi connectivity index (χ2n) is 15.8. The molecule has 4 atom stereocenters. The number of aromatic nitrogens is 6. The number of ether oxygens (including phenoxy) is 1. The van der Waals surface area contributed by atoms with Gasteiger partial charge in [0.1, 0.15) is 24.2 Å². The van der Waals surface area contributed by atoms with Crippen molar-refractivity contribution in [3.8, 4) is 0 Å². The third kappa shape index (κ3) is 13.6. The largest absolute Gasteiger partial charge is 0.444 e. The average Bonchev–Trinajstić information content (AvgIpc) is 3.85. The van der Waals surface area contributed by atoms with Gasteiger partial charge in [0, 0.05) is 56.7 Å². The highest BCUT2D eigenvalue weighted by molar-refractivity contribution is 7.99. The van der Waals surface area contributed by atoms with Crippen molar-refractivity contribution in [3.63, 3.8) is 0 Å². The van der Waals surface area contributed by atoms with E-state index in [-0.39, 0.29) is 31.0 Å². The Labute approximate surface area is 332 Å². The first-order valence-electron chi connectivity index (χ1n) is 19.5. The summed E-state index contributed by atoms with van der Waals surface area (Å²) >= 11 is 1.22. The van der Waals surface area contributed by atoms with Gasteiger partial charge in [-0.2, -0.15) is 0 Å². The number of aromatic amines is 1. The number of H-pyrrole nitrogens is 1. The lowest BCUT2D eigenvalue weighted by Gasteiger charge is -2.32. The number of aliphatic hydroxyl groups excluding tert-OH is 1. The zero-order chi connectivity index (χ0) is 40.1. The predicted molar refractivity (Wildman–Crippen MR) is 209 cm³/mol. The van der Waals surface area contributed by atoms with Crippen LogP contribution in [-0.2, 0) is 38.5 Å². The molecule has 1 saturated carbocycles. The van der Waals surface area contributed by atoms with E-state index in [9.17, 15) is 24.3 Å². The van der Waals surface area contributed by atoms with E-state index in [0.29, 0.717) is 36.3 Å². The molecule has 0 unspecified atom stereocenters. The maximum absolute atomic E-state index is 14.3. The minimum atomic E-state index is -1.08. The second-order valence-corrected chi connectivity index (χ2v) is 16.8. The van der Waals surface area contributed by atoms with Gasteiger partial charge in [0.05, 0.1) is 18.5 Å². The van der Waals surface area contributed by atoms with Crippen LogP contribution < -0.4 is 16.0 Å². The van der Waals surface area contributed by atoms with Crippen molar-refractivity contribution in [1.29, 1.82) is 0 Å². The number of amides is 4. The SMILES string of the molecule is CN1CCN(C(=O)Cn2nnnc2SC[C@H](O)[C@H](CC2CCCCC2)NC(=O)[C@H](Cc2cnc[nH]2)NC(=O)[C@H](Cc2ccccc2)NC(=O)OC(C)(C)C)CC1. The number of nitrogens with zero attached hydrogens (tertiary/aromatic N) is 7. The summed E-state index contributed by atoms with van der Waals surface area (Å²) in [5.74, 6) is -0.687. The molecule has 1 aromatic carbocycles. The Bertz CT molecular complexity index is 1690. The quantitative estimate of drug-likeness (QED) is 0.124. The summed E-state index contributed by atoms with van der Waals surface area (Å²) in [7, 11) is 2.03. The molecule has 0 radical (unpaired) electrons. The molecule has 5 rings (SSSR count). The number of alkyl carbamates (subject to hydrolysis) is 1. The van der Waals surface area contributed by atoms with Crippen LogP contribution in [0.1, 0.15) is 70.6 Å². The third-order valence-corrected chi connectivity index (χ3v) is 11.1. The number of carbonyl (C=O) groups is 4. The third-order valence-electron chi connectivity index (χ3n) is 10.0. The molecule has 2 aliphatic rings. The first kappa shape index (κ1) is 42.6. The number of hydrogen-bond donors (Lipinski definition) is 5. The fourth-order valence-corrected chi connectivity index (χ4v) is 7.84. The molecule has 306 valence electrons. The first-order valence-corrected chi connectivity index (χ1v) is 20.5. The molecule has 0 bridgehead atoms. The van der Waals surface area contributed by atoms with E-state index < -0.39 is 47.7 Å². The van der Waals surface area contributed by atoms with Gasteiger partial charge in [-0.25, -0.2) is 14.5 Å². The Morgan fingerprint density at radius 2 is 1.66 bits per heavy atom. The maximum atomic E-state index is 14.3. The van der Waals surface area contributed by atoms with Crippen molar-refractivity contribution in [3.05, 3.63) is 54.1 Å². The van der Waals surface area contributed by atoms with E-state index >= 15 is 0 Å². The van der Waals surface area contributed by atoms with Crippen molar-refractivity contribution in [1.82, 2.24) is 55.9 Å². The Balaban J connectivity index is 1.29. The standard InChI is InChI=1S/C38H57N11O6S/c1-38(2,3)55-37(54)43-30(20-27-13-9-6-10-14-27)34(52)42-31(21-28-22-39-25-40-28)35(53)41-29(19-26-11-7-5-8-12-26)32(50)24-56-36-44-45-46-49(36)23-33(51)48-17-15-47(4)16-18-48/h6,9-10,13-14,22,25-26,29-32,50H,5,7-8,11-12,15-21,23-24H2,1-4H3,(H,39,40)(H,41,53)(H,42,52)(H,43,54)/t29-,30-,31-,32-/m0/s1. The summed E-state index contributed by atoms with van der Waals surface area (Å²) in [6.07, 6.45) is 7.39. The molecule has 3 heterocycles. The lowest BCUT2D eigenvalue weighted by atomic mass is 9.83. The van der Waals surface area contributed by atoms with Crippen LogP contribution in [0.5, 0.6) is 0 Å². The van der Waals surface area contributed by atoms with Crippen molar-refractivity contribution in [2.75, 3.05) is 39.0 Å². The number of aliphatic hydroxyl groups is 1. The lowest BCUT2D eigenvalue weighted by Crippen LogP contribution is -2.58. The summed E-state index contributed by atoms with van der Waals surface area (Å²) in [5, 5.41) is 32.7. The van der Waals surface area contributed by atoms with Crippen molar-refractivity contribution >= 4 is 35.6 Å². The zero-order valence-corrected chi connectivity index (χ0v) is 33.7. The van der Waals surface area contributed by atoms with Crippen molar-refractivity contribution < 1.29 is 29.0 Å². The topological polar surface area (TPSA) is 213 Å². The van der Waals surface area contributed by atoms with Gasteiger partial charge >= 0.3 is 6.09 Å². The van der Waals surface area contributed by atoms with E-state index in [1.165, 1.54) is 22.8 Å². The summed E-state index contributed by atoms with van der Waals surface area (Å²) in [5.41, 5.74) is 0.630. The smallest absolute Gasteiger partial charge is 0.408 e. The van der Waals surface area contributed by atoms with Crippen LogP contribution >= 0.6 is 11.8 Å². The van der Waals surface area contributed by atoms with Crippen LogP contribution in [0.4, 0.5) is 4.79 Å². The minimum Gasteiger partial charge on any atom is -0.444 e. The molecule has 56 heavy (non-hydrogen) atoms. The summed E-state index contributed by atoms with van der Waals surface area (Å²) < 4.78 is 6.91. The van der Waals surface area contributed by atoms with Crippen LogP contribution in [0, 0.1) is 5.92 Å². The van der Waals surface area contributed by atoms with E-state index in [1.807, 2.05) is 37.4 Å². The number of hydrogen-bond acceptors (Lipinski definition) is 12. The number of tetrazole rings is 1. The second kappa shape index (κ2) is 20.6. The predicted octanol–water partition coefficient (Wildman–Crippen LogP) is 1.94. The van der Waals surface area contributed by atoms with Gasteiger partial charge in [-0.05, 0) is 56.1 Å². The van der Waals surface area contributed by atoms with Gasteiger partial charge in [-0.15, -0.1) is 5.10 Å². The molecule has 1 aliphatic heterocycles. The number of rotatable bonds is 17. The fraction of sp³-hybridized carbons (Fsp3) is 0.632. The fourth-order valence-electron chi connectivity index (χ4n) is 6.94. The molecule has 4 amide bonds. The van der Waals surface area contributed by atoms with E-state index in [4.69, 9.17) is 4.74 Å². The Morgan fingerprint density at radius 3 is 2.34 bits per heavy atom.